The molecule has 1 aliphatic heterocycles. The normalized spacial score (nSPS) is 23.6. The van der Waals surface area contributed by atoms with Gasteiger partial charge in [0.2, 0.25) is 6.41 Å². The van der Waals surface area contributed by atoms with Crippen molar-refractivity contribution < 1.29 is 24.2 Å². The SMILES string of the molecule is CN(/C=C(/Br)C(=O)NC=O)C1CCC(C(=O)O)O1. The van der Waals surface area contributed by atoms with Crippen LogP contribution in [0.2, 0.25) is 0 Å². The van der Waals surface area contributed by atoms with Crippen molar-refractivity contribution in [1.82, 2.24) is 10.2 Å². The van der Waals surface area contributed by atoms with Gasteiger partial charge >= 0.3 is 5.97 Å². The molecule has 0 aromatic rings. The molecule has 18 heavy (non-hydrogen) atoms. The molecule has 0 radical (unpaired) electrons. The highest BCUT2D eigenvalue weighted by atomic mass is 79.9. The Kier molecular flexibility index (Phi) is 5.29. The van der Waals surface area contributed by atoms with Gasteiger partial charge in [-0.1, -0.05) is 0 Å². The average molecular weight is 321 g/mol. The van der Waals surface area contributed by atoms with Crippen LogP contribution >= 0.6 is 15.9 Å². The predicted molar refractivity (Wildman–Crippen MR) is 64.5 cm³/mol. The highest BCUT2D eigenvalue weighted by Crippen LogP contribution is 2.23. The molecule has 2 N–H and O–H groups in total. The molecule has 1 fully saturated rings. The van der Waals surface area contributed by atoms with Gasteiger partial charge in [0.05, 0.1) is 4.48 Å². The van der Waals surface area contributed by atoms with Crippen LogP contribution in [0, 0.1) is 0 Å². The molecule has 0 bridgehead atoms. The number of carboxylic acid groups (broad SMARTS) is 1. The number of carbonyl (C=O) groups is 3. The predicted octanol–water partition coefficient (Wildman–Crippen LogP) is 0.0168. The molecule has 8 heteroatoms. The third kappa shape index (κ3) is 3.81. The van der Waals surface area contributed by atoms with Crippen molar-refractivity contribution in [3.63, 3.8) is 0 Å². The van der Waals surface area contributed by atoms with Crippen LogP contribution in [0.4, 0.5) is 0 Å². The number of aliphatic carboxylic acids is 1. The molecule has 1 rings (SSSR count). The Morgan fingerprint density at radius 2 is 2.17 bits per heavy atom. The van der Waals surface area contributed by atoms with Crippen molar-refractivity contribution in [2.24, 2.45) is 0 Å². The number of imide groups is 1. The first kappa shape index (κ1) is 14.7. The van der Waals surface area contributed by atoms with Crippen LogP contribution in [0.3, 0.4) is 0 Å². The highest BCUT2D eigenvalue weighted by Gasteiger charge is 2.32. The lowest BCUT2D eigenvalue weighted by Crippen LogP contribution is -2.30. The summed E-state index contributed by atoms with van der Waals surface area (Å²) >= 11 is 3.01. The Bertz CT molecular complexity index is 384. The molecule has 0 aromatic heterocycles. The number of carbonyl (C=O) groups excluding carboxylic acids is 2. The van der Waals surface area contributed by atoms with E-state index in [1.54, 1.807) is 11.9 Å². The zero-order chi connectivity index (χ0) is 13.7. The van der Waals surface area contributed by atoms with Crippen LogP contribution < -0.4 is 5.32 Å². The maximum atomic E-state index is 11.2. The Morgan fingerprint density at radius 1 is 1.50 bits per heavy atom. The van der Waals surface area contributed by atoms with E-state index in [-0.39, 0.29) is 10.9 Å². The molecule has 0 spiro atoms. The zero-order valence-electron chi connectivity index (χ0n) is 9.63. The first-order valence-electron chi connectivity index (χ1n) is 5.17. The first-order valence-corrected chi connectivity index (χ1v) is 5.97. The van der Waals surface area contributed by atoms with E-state index in [4.69, 9.17) is 9.84 Å². The number of amides is 2. The van der Waals surface area contributed by atoms with Gasteiger partial charge in [-0.25, -0.2) is 4.79 Å². The summed E-state index contributed by atoms with van der Waals surface area (Å²) < 4.78 is 5.44. The van der Waals surface area contributed by atoms with E-state index in [1.807, 2.05) is 5.32 Å². The first-order chi connectivity index (χ1) is 8.45. The molecule has 1 heterocycles. The number of nitrogens with one attached hydrogen (secondary N) is 1. The molecule has 0 aliphatic carbocycles. The second-order valence-corrected chi connectivity index (χ2v) is 4.58. The summed E-state index contributed by atoms with van der Waals surface area (Å²) in [6.07, 6.45) is 1.49. The van der Waals surface area contributed by atoms with E-state index in [0.29, 0.717) is 12.8 Å². The highest BCUT2D eigenvalue weighted by molar-refractivity contribution is 9.12. The van der Waals surface area contributed by atoms with E-state index in [9.17, 15) is 14.4 Å². The van der Waals surface area contributed by atoms with Gasteiger partial charge in [0.1, 0.15) is 6.23 Å². The molecule has 0 saturated carbocycles. The van der Waals surface area contributed by atoms with Gasteiger partial charge in [-0.3, -0.25) is 14.9 Å². The third-order valence-corrected chi connectivity index (χ3v) is 3.02. The Hall–Kier alpha value is -1.41. The second kappa shape index (κ2) is 6.50. The van der Waals surface area contributed by atoms with Gasteiger partial charge in [0.15, 0.2) is 6.10 Å². The van der Waals surface area contributed by atoms with E-state index >= 15 is 0 Å². The molecule has 2 amide bonds. The molecule has 1 saturated heterocycles. The summed E-state index contributed by atoms with van der Waals surface area (Å²) in [6.45, 7) is 0. The molecular weight excluding hydrogens is 308 g/mol. The minimum absolute atomic E-state index is 0.152. The topological polar surface area (TPSA) is 95.9 Å². The van der Waals surface area contributed by atoms with Gasteiger partial charge in [-0.05, 0) is 28.8 Å². The lowest BCUT2D eigenvalue weighted by atomic mass is 10.2. The lowest BCUT2D eigenvalue weighted by molar-refractivity contribution is -0.152. The number of rotatable bonds is 5. The average Bonchev–Trinajstić information content (AvgIpc) is 2.78. The summed E-state index contributed by atoms with van der Waals surface area (Å²) in [5.41, 5.74) is 0. The Labute approximate surface area is 112 Å². The third-order valence-electron chi connectivity index (χ3n) is 2.45. The fourth-order valence-corrected chi connectivity index (χ4v) is 1.98. The molecular formula is C10H13BrN2O5. The second-order valence-electron chi connectivity index (χ2n) is 3.73. The minimum Gasteiger partial charge on any atom is -0.479 e. The Balaban J connectivity index is 2.58. The van der Waals surface area contributed by atoms with Gasteiger partial charge in [-0.2, -0.15) is 0 Å². The summed E-state index contributed by atoms with van der Waals surface area (Å²) in [5, 5.41) is 10.8. The number of hydrogen-bond acceptors (Lipinski definition) is 5. The van der Waals surface area contributed by atoms with Crippen LogP contribution in [0.5, 0.6) is 0 Å². The smallest absolute Gasteiger partial charge is 0.332 e. The van der Waals surface area contributed by atoms with Gasteiger partial charge in [-0.15, -0.1) is 0 Å². The Morgan fingerprint density at radius 3 is 2.67 bits per heavy atom. The molecule has 2 unspecified atom stereocenters. The van der Waals surface area contributed by atoms with Gasteiger partial charge < -0.3 is 14.7 Å². The number of nitrogens with zero attached hydrogens (tertiary/aromatic N) is 1. The fraction of sp³-hybridized carbons (Fsp3) is 0.500. The van der Waals surface area contributed by atoms with Crippen molar-refractivity contribution in [3.05, 3.63) is 10.7 Å². The largest absolute Gasteiger partial charge is 0.479 e. The molecule has 7 nitrogen and oxygen atoms in total. The summed E-state index contributed by atoms with van der Waals surface area (Å²) in [7, 11) is 1.66. The number of carboxylic acids is 1. The van der Waals surface area contributed by atoms with Crippen molar-refractivity contribution in [3.8, 4) is 0 Å². The van der Waals surface area contributed by atoms with Crippen molar-refractivity contribution in [2.45, 2.75) is 25.2 Å². The molecule has 2 atom stereocenters. The van der Waals surface area contributed by atoms with Crippen LogP contribution in [0.25, 0.3) is 0 Å². The van der Waals surface area contributed by atoms with Crippen LogP contribution in [0.15, 0.2) is 10.7 Å². The fourth-order valence-electron chi connectivity index (χ4n) is 1.54. The van der Waals surface area contributed by atoms with E-state index in [2.05, 4.69) is 15.9 Å². The van der Waals surface area contributed by atoms with E-state index in [1.165, 1.54) is 6.20 Å². The zero-order valence-corrected chi connectivity index (χ0v) is 11.2. The van der Waals surface area contributed by atoms with E-state index < -0.39 is 24.2 Å². The van der Waals surface area contributed by atoms with Crippen molar-refractivity contribution >= 4 is 34.2 Å². The summed E-state index contributed by atoms with van der Waals surface area (Å²) in [5.74, 6) is -1.57. The van der Waals surface area contributed by atoms with Crippen molar-refractivity contribution in [2.75, 3.05) is 7.05 Å². The minimum atomic E-state index is -0.993. The summed E-state index contributed by atoms with van der Waals surface area (Å²) in [4.78, 5) is 33.6. The van der Waals surface area contributed by atoms with Crippen LogP contribution in [-0.2, 0) is 19.1 Å². The number of hydrogen-bond donors (Lipinski definition) is 2. The molecule has 100 valence electrons. The van der Waals surface area contributed by atoms with Crippen LogP contribution in [0.1, 0.15) is 12.8 Å². The maximum Gasteiger partial charge on any atom is 0.332 e. The number of ether oxygens (including phenoxy) is 1. The standard InChI is InChI=1S/C10H13BrN2O5/c1-13(4-6(11)9(15)12-5-14)8-3-2-7(18-8)10(16)17/h4-5,7-8H,2-3H2,1H3,(H,16,17)(H,12,14,15)/b6-4+. The van der Waals surface area contributed by atoms with Gasteiger partial charge in [0.25, 0.3) is 5.91 Å². The molecule has 0 aromatic carbocycles. The number of halogens is 1. The molecule has 1 aliphatic rings. The maximum absolute atomic E-state index is 11.2. The lowest BCUT2D eigenvalue weighted by Gasteiger charge is -2.22. The van der Waals surface area contributed by atoms with E-state index in [0.717, 1.165) is 0 Å². The van der Waals surface area contributed by atoms with Gasteiger partial charge in [0, 0.05) is 13.2 Å². The monoisotopic (exact) mass is 320 g/mol. The quantitative estimate of drug-likeness (QED) is 0.547. The van der Waals surface area contributed by atoms with Crippen LogP contribution in [-0.4, -0.2) is 47.7 Å². The van der Waals surface area contributed by atoms with Crippen molar-refractivity contribution in [1.29, 1.82) is 0 Å². The summed E-state index contributed by atoms with van der Waals surface area (Å²) in [6, 6.07) is 0.